The van der Waals surface area contributed by atoms with Crippen LogP contribution in [0.25, 0.3) is 10.9 Å². The Morgan fingerprint density at radius 3 is 2.71 bits per heavy atom. The molecule has 3 aromatic heterocycles. The summed E-state index contributed by atoms with van der Waals surface area (Å²) < 4.78 is 40.2. The number of nitrogens with one attached hydrogen (secondary N) is 1. The molecule has 3 heterocycles. The molecule has 1 aliphatic carbocycles. The van der Waals surface area contributed by atoms with Crippen LogP contribution in [0.4, 0.5) is 14.5 Å². The Morgan fingerprint density at radius 1 is 1.20 bits per heavy atom. The molecule has 0 radical (unpaired) electrons. The fourth-order valence-electron chi connectivity index (χ4n) is 5.04. The summed E-state index contributed by atoms with van der Waals surface area (Å²) in [5.74, 6) is -3.88. The lowest BCUT2D eigenvalue weighted by atomic mass is 9.89. The summed E-state index contributed by atoms with van der Waals surface area (Å²) in [5, 5.41) is 22.8. The first kappa shape index (κ1) is 25.5. The minimum atomic E-state index is -1.81. The lowest BCUT2D eigenvalue weighted by Crippen LogP contribution is -2.12. The highest BCUT2D eigenvalue weighted by Crippen LogP contribution is 2.38. The molecular formula is C31H26ClF2N7. The van der Waals surface area contributed by atoms with Crippen LogP contribution in [-0.4, -0.2) is 25.0 Å². The maximum atomic E-state index is 15.1. The van der Waals surface area contributed by atoms with E-state index in [1.54, 1.807) is 23.0 Å². The van der Waals surface area contributed by atoms with Crippen molar-refractivity contribution in [2.75, 3.05) is 5.32 Å². The van der Waals surface area contributed by atoms with E-state index in [9.17, 15) is 11.0 Å². The van der Waals surface area contributed by atoms with Gasteiger partial charge in [-0.3, -0.25) is 4.98 Å². The van der Waals surface area contributed by atoms with E-state index in [0.717, 1.165) is 30.9 Å². The summed E-state index contributed by atoms with van der Waals surface area (Å²) in [7, 11) is 0. The van der Waals surface area contributed by atoms with Crippen molar-refractivity contribution in [2.24, 2.45) is 0 Å². The number of nitriles is 1. The Labute approximate surface area is 242 Å². The van der Waals surface area contributed by atoms with Gasteiger partial charge in [-0.05, 0) is 61.1 Å². The summed E-state index contributed by atoms with van der Waals surface area (Å²) >= 11 is 6.74. The molecule has 0 saturated heterocycles. The average molecular weight is 571 g/mol. The molecule has 1 saturated carbocycles. The molecule has 0 unspecified atom stereocenters. The SMILES string of the molecule is [2H][C@](Cc1cc(Cl)c2ncc(C#N)c(N[C@H](CC)c3ccccc3)c2c1)(c1cn(C2CC2)nn1)c1ccc(F)nc1F. The summed E-state index contributed by atoms with van der Waals surface area (Å²) in [6.07, 6.45) is 5.69. The summed E-state index contributed by atoms with van der Waals surface area (Å²) in [6, 6.07) is 17.9. The van der Waals surface area contributed by atoms with Crippen LogP contribution in [0.15, 0.2) is 67.0 Å². The van der Waals surface area contributed by atoms with E-state index in [1.165, 1.54) is 12.3 Å². The third-order valence-electron chi connectivity index (χ3n) is 7.30. The Hall–Kier alpha value is -4.42. The van der Waals surface area contributed by atoms with Crippen LogP contribution in [0.1, 0.15) is 73.5 Å². The zero-order valence-electron chi connectivity index (χ0n) is 23.2. The van der Waals surface area contributed by atoms with Crippen LogP contribution < -0.4 is 5.32 Å². The van der Waals surface area contributed by atoms with Gasteiger partial charge >= 0.3 is 0 Å². The predicted octanol–water partition coefficient (Wildman–Crippen LogP) is 7.30. The van der Waals surface area contributed by atoms with Crippen molar-refractivity contribution in [3.8, 4) is 6.07 Å². The molecule has 10 heteroatoms. The van der Waals surface area contributed by atoms with Gasteiger partial charge in [-0.25, -0.2) is 4.68 Å². The number of pyridine rings is 2. The molecule has 2 atom stereocenters. The van der Waals surface area contributed by atoms with Crippen LogP contribution in [0, 0.1) is 23.2 Å². The number of benzene rings is 2. The number of anilines is 1. The third kappa shape index (κ3) is 5.48. The largest absolute Gasteiger partial charge is 0.377 e. The fourth-order valence-corrected chi connectivity index (χ4v) is 5.33. The summed E-state index contributed by atoms with van der Waals surface area (Å²) in [4.78, 5) is 7.79. The van der Waals surface area contributed by atoms with Gasteiger partial charge < -0.3 is 5.32 Å². The lowest BCUT2D eigenvalue weighted by molar-refractivity contribution is 0.495. The van der Waals surface area contributed by atoms with E-state index in [-0.39, 0.29) is 29.8 Å². The predicted molar refractivity (Wildman–Crippen MR) is 153 cm³/mol. The molecule has 1 fully saturated rings. The monoisotopic (exact) mass is 570 g/mol. The number of nitrogens with zero attached hydrogens (tertiary/aromatic N) is 6. The van der Waals surface area contributed by atoms with Crippen molar-refractivity contribution in [1.82, 2.24) is 25.0 Å². The lowest BCUT2D eigenvalue weighted by Gasteiger charge is -2.22. The van der Waals surface area contributed by atoms with Gasteiger partial charge in [0.1, 0.15) is 6.07 Å². The summed E-state index contributed by atoms with van der Waals surface area (Å²) in [6.45, 7) is 2.05. The quantitative estimate of drug-likeness (QED) is 0.187. The third-order valence-corrected chi connectivity index (χ3v) is 7.58. The Balaban J connectivity index is 1.48. The Kier molecular flexibility index (Phi) is 6.99. The zero-order chi connectivity index (χ0) is 29.4. The van der Waals surface area contributed by atoms with Crippen LogP contribution in [0.5, 0.6) is 0 Å². The second-order valence-electron chi connectivity index (χ2n) is 10.1. The van der Waals surface area contributed by atoms with Crippen molar-refractivity contribution in [3.05, 3.63) is 112 Å². The first-order chi connectivity index (χ1) is 20.3. The minimum Gasteiger partial charge on any atom is -0.377 e. The molecule has 0 aliphatic heterocycles. The highest BCUT2D eigenvalue weighted by Gasteiger charge is 2.29. The molecule has 7 nitrogen and oxygen atoms in total. The number of rotatable bonds is 9. The van der Waals surface area contributed by atoms with Gasteiger partial charge in [0.05, 0.1) is 39.6 Å². The molecule has 5 aromatic rings. The van der Waals surface area contributed by atoms with Crippen molar-refractivity contribution in [2.45, 2.75) is 50.6 Å². The zero-order valence-corrected chi connectivity index (χ0v) is 22.9. The highest BCUT2D eigenvalue weighted by molar-refractivity contribution is 6.35. The molecule has 6 rings (SSSR count). The number of aromatic nitrogens is 5. The van der Waals surface area contributed by atoms with Crippen LogP contribution in [-0.2, 0) is 6.42 Å². The fraction of sp³-hybridized carbons (Fsp3) is 0.258. The molecule has 206 valence electrons. The smallest absolute Gasteiger partial charge is 0.219 e. The Morgan fingerprint density at radius 2 is 2.00 bits per heavy atom. The highest BCUT2D eigenvalue weighted by atomic mass is 35.5. The van der Waals surface area contributed by atoms with Gasteiger partial charge in [-0.15, -0.1) is 5.10 Å². The maximum absolute atomic E-state index is 15.1. The van der Waals surface area contributed by atoms with Gasteiger partial charge in [0, 0.05) is 30.6 Å². The second kappa shape index (κ2) is 11.2. The van der Waals surface area contributed by atoms with Crippen molar-refractivity contribution >= 4 is 28.2 Å². The van der Waals surface area contributed by atoms with E-state index in [2.05, 4.69) is 31.7 Å². The molecule has 1 N–H and O–H groups in total. The molecule has 0 amide bonds. The van der Waals surface area contributed by atoms with Crippen LogP contribution in [0.3, 0.4) is 0 Å². The molecule has 1 aliphatic rings. The second-order valence-corrected chi connectivity index (χ2v) is 10.5. The molecule has 0 bridgehead atoms. The van der Waals surface area contributed by atoms with Crippen molar-refractivity contribution < 1.29 is 10.2 Å². The number of fused-ring (bicyclic) bond motifs is 1. The topological polar surface area (TPSA) is 92.3 Å². The first-order valence-corrected chi connectivity index (χ1v) is 13.8. The van der Waals surface area contributed by atoms with E-state index in [1.807, 2.05) is 37.3 Å². The normalized spacial score (nSPS) is 15.6. The minimum absolute atomic E-state index is 0.0810. The molecular weight excluding hydrogens is 544 g/mol. The average Bonchev–Trinajstić information content (AvgIpc) is 3.71. The van der Waals surface area contributed by atoms with E-state index < -0.39 is 17.8 Å². The van der Waals surface area contributed by atoms with Crippen molar-refractivity contribution in [3.63, 3.8) is 0 Å². The number of hydrogen-bond acceptors (Lipinski definition) is 6. The maximum Gasteiger partial charge on any atom is 0.219 e. The summed E-state index contributed by atoms with van der Waals surface area (Å²) in [5.41, 5.74) is 3.07. The number of hydrogen-bond donors (Lipinski definition) is 1. The molecule has 2 aromatic carbocycles. The van der Waals surface area contributed by atoms with Crippen LogP contribution >= 0.6 is 11.6 Å². The number of halogens is 3. The standard InChI is InChI=1S/C31H26ClF2N7/c1-2-26(19-6-4-3-5-7-19)37-29-20(15-35)16-36-30-24(29)13-18(14-25(30)32)12-23(22-10-11-28(33)38-31(22)34)27-17-41(40-39-27)21-8-9-21/h3-7,10-11,13-14,16-17,21,23,26H,2,8-9,12H2,1H3,(H,36,37)/t23-,26-/m1/s1/i23D. The Bertz CT molecular complexity index is 1820. The molecule has 0 spiro atoms. The van der Waals surface area contributed by atoms with E-state index >= 15 is 4.39 Å². The van der Waals surface area contributed by atoms with Crippen molar-refractivity contribution in [1.29, 1.82) is 5.26 Å². The van der Waals surface area contributed by atoms with Gasteiger partial charge in [0.25, 0.3) is 0 Å². The molecule has 41 heavy (non-hydrogen) atoms. The van der Waals surface area contributed by atoms with Gasteiger partial charge in [-0.2, -0.15) is 19.0 Å². The van der Waals surface area contributed by atoms with E-state index in [4.69, 9.17) is 11.6 Å². The van der Waals surface area contributed by atoms with Crippen LogP contribution in [0.2, 0.25) is 5.02 Å². The first-order valence-electron chi connectivity index (χ1n) is 13.9. The van der Waals surface area contributed by atoms with E-state index in [0.29, 0.717) is 32.7 Å². The van der Waals surface area contributed by atoms with Gasteiger partial charge in [0.2, 0.25) is 11.9 Å². The van der Waals surface area contributed by atoms with Gasteiger partial charge in [0.15, 0.2) is 0 Å². The van der Waals surface area contributed by atoms with Gasteiger partial charge in [-0.1, -0.05) is 54.1 Å².